The van der Waals surface area contributed by atoms with Crippen LogP contribution < -0.4 is 11.1 Å². The number of para-hydroxylation sites is 1. The minimum atomic E-state index is -0.495. The molecule has 0 radical (unpaired) electrons. The van der Waals surface area contributed by atoms with E-state index in [1.54, 1.807) is 31.2 Å². The molecule has 1 amide bonds. The lowest BCUT2D eigenvalue weighted by molar-refractivity contribution is 0.102. The van der Waals surface area contributed by atoms with E-state index in [0.717, 1.165) is 5.56 Å². The third-order valence-corrected chi connectivity index (χ3v) is 2.92. The predicted octanol–water partition coefficient (Wildman–Crippen LogP) is 2.85. The van der Waals surface area contributed by atoms with Gasteiger partial charge < -0.3 is 11.1 Å². The van der Waals surface area contributed by atoms with Crippen LogP contribution in [0.15, 0.2) is 42.5 Å². The van der Waals surface area contributed by atoms with Gasteiger partial charge in [-0.1, -0.05) is 30.3 Å². The van der Waals surface area contributed by atoms with E-state index in [2.05, 4.69) is 5.32 Å². The molecule has 3 N–H and O–H groups in total. The van der Waals surface area contributed by atoms with Gasteiger partial charge in [0, 0.05) is 12.2 Å². The second-order valence-corrected chi connectivity index (χ2v) is 4.25. The summed E-state index contributed by atoms with van der Waals surface area (Å²) in [6, 6.07) is 11.9. The minimum Gasteiger partial charge on any atom is -0.326 e. The first-order valence-electron chi connectivity index (χ1n) is 5.98. The fraction of sp³-hybridized carbons (Fsp3) is 0.133. The van der Waals surface area contributed by atoms with E-state index in [0.29, 0.717) is 17.8 Å². The second-order valence-electron chi connectivity index (χ2n) is 4.25. The SMILES string of the molecule is Cc1cccc(C(=O)Nc2ccccc2CN)c1F. The van der Waals surface area contributed by atoms with Crippen LogP contribution in [0.5, 0.6) is 0 Å². The van der Waals surface area contributed by atoms with Gasteiger partial charge in [0.2, 0.25) is 0 Å². The van der Waals surface area contributed by atoms with Crippen LogP contribution in [0.25, 0.3) is 0 Å². The molecule has 0 aliphatic carbocycles. The summed E-state index contributed by atoms with van der Waals surface area (Å²) in [5, 5.41) is 2.69. The number of carbonyl (C=O) groups is 1. The van der Waals surface area contributed by atoms with Gasteiger partial charge >= 0.3 is 0 Å². The highest BCUT2D eigenvalue weighted by Gasteiger charge is 2.14. The highest BCUT2D eigenvalue weighted by molar-refractivity contribution is 6.04. The lowest BCUT2D eigenvalue weighted by atomic mass is 10.1. The average Bonchev–Trinajstić information content (AvgIpc) is 2.42. The Morgan fingerprint density at radius 2 is 1.95 bits per heavy atom. The summed E-state index contributed by atoms with van der Waals surface area (Å²) in [4.78, 5) is 12.1. The zero-order valence-corrected chi connectivity index (χ0v) is 10.6. The highest BCUT2D eigenvalue weighted by Crippen LogP contribution is 2.17. The summed E-state index contributed by atoms with van der Waals surface area (Å²) in [7, 11) is 0. The number of hydrogen-bond donors (Lipinski definition) is 2. The third-order valence-electron chi connectivity index (χ3n) is 2.92. The number of halogens is 1. The minimum absolute atomic E-state index is 0.0341. The van der Waals surface area contributed by atoms with Crippen LogP contribution >= 0.6 is 0 Å². The molecule has 19 heavy (non-hydrogen) atoms. The molecule has 4 heteroatoms. The maximum absolute atomic E-state index is 13.9. The van der Waals surface area contributed by atoms with Crippen molar-refractivity contribution in [3.05, 3.63) is 65.0 Å². The fourth-order valence-corrected chi connectivity index (χ4v) is 1.83. The first kappa shape index (κ1) is 13.2. The molecule has 0 fully saturated rings. The monoisotopic (exact) mass is 258 g/mol. The Kier molecular flexibility index (Phi) is 3.92. The summed E-state index contributed by atoms with van der Waals surface area (Å²) in [6.07, 6.45) is 0. The summed E-state index contributed by atoms with van der Waals surface area (Å²) >= 11 is 0. The van der Waals surface area contributed by atoms with Crippen molar-refractivity contribution in [2.45, 2.75) is 13.5 Å². The van der Waals surface area contributed by atoms with E-state index >= 15 is 0 Å². The van der Waals surface area contributed by atoms with Gasteiger partial charge in [0.1, 0.15) is 5.82 Å². The molecule has 0 unspecified atom stereocenters. The molecule has 0 aromatic heterocycles. The molecule has 2 aromatic carbocycles. The molecule has 0 aliphatic rings. The number of nitrogens with two attached hydrogens (primary N) is 1. The van der Waals surface area contributed by atoms with E-state index in [1.807, 2.05) is 12.1 Å². The maximum atomic E-state index is 13.9. The predicted molar refractivity (Wildman–Crippen MR) is 73.4 cm³/mol. The summed E-state index contributed by atoms with van der Waals surface area (Å²) in [5.41, 5.74) is 7.49. The molecule has 3 nitrogen and oxygen atoms in total. The quantitative estimate of drug-likeness (QED) is 0.889. The molecule has 0 bridgehead atoms. The number of aryl methyl sites for hydroxylation is 1. The van der Waals surface area contributed by atoms with E-state index in [4.69, 9.17) is 5.73 Å². The molecule has 2 aromatic rings. The largest absolute Gasteiger partial charge is 0.326 e. The fourth-order valence-electron chi connectivity index (χ4n) is 1.83. The van der Waals surface area contributed by atoms with Crippen molar-refractivity contribution in [3.8, 4) is 0 Å². The van der Waals surface area contributed by atoms with Crippen molar-refractivity contribution < 1.29 is 9.18 Å². The zero-order valence-electron chi connectivity index (χ0n) is 10.6. The Balaban J connectivity index is 2.28. The van der Waals surface area contributed by atoms with Gasteiger partial charge in [-0.15, -0.1) is 0 Å². The van der Waals surface area contributed by atoms with Gasteiger partial charge in [-0.2, -0.15) is 0 Å². The number of carbonyl (C=O) groups excluding carboxylic acids is 1. The molecular formula is C15H15FN2O. The molecule has 98 valence electrons. The molecule has 0 aliphatic heterocycles. The zero-order chi connectivity index (χ0) is 13.8. The smallest absolute Gasteiger partial charge is 0.258 e. The Morgan fingerprint density at radius 3 is 2.68 bits per heavy atom. The van der Waals surface area contributed by atoms with E-state index in [9.17, 15) is 9.18 Å². The maximum Gasteiger partial charge on any atom is 0.258 e. The van der Waals surface area contributed by atoms with Crippen molar-refractivity contribution in [3.63, 3.8) is 0 Å². The second kappa shape index (κ2) is 5.63. The number of benzene rings is 2. The Labute approximate surface area is 111 Å². The summed E-state index contributed by atoms with van der Waals surface area (Å²) < 4.78 is 13.9. The average molecular weight is 258 g/mol. The molecule has 0 atom stereocenters. The van der Waals surface area contributed by atoms with Crippen LogP contribution in [-0.2, 0) is 6.54 Å². The number of amides is 1. The van der Waals surface area contributed by atoms with Gasteiger partial charge in [-0.25, -0.2) is 4.39 Å². The Bertz CT molecular complexity index is 611. The topological polar surface area (TPSA) is 55.1 Å². The van der Waals surface area contributed by atoms with Crippen molar-refractivity contribution >= 4 is 11.6 Å². The van der Waals surface area contributed by atoms with Crippen molar-refractivity contribution in [1.29, 1.82) is 0 Å². The number of anilines is 1. The van der Waals surface area contributed by atoms with Crippen LogP contribution in [0.4, 0.5) is 10.1 Å². The van der Waals surface area contributed by atoms with Gasteiger partial charge in [0.15, 0.2) is 0 Å². The first-order chi connectivity index (χ1) is 9.13. The van der Waals surface area contributed by atoms with Gasteiger partial charge in [-0.05, 0) is 30.2 Å². The van der Waals surface area contributed by atoms with Crippen LogP contribution in [0.3, 0.4) is 0 Å². The van der Waals surface area contributed by atoms with Crippen molar-refractivity contribution in [2.24, 2.45) is 5.73 Å². The number of rotatable bonds is 3. The first-order valence-corrected chi connectivity index (χ1v) is 5.98. The van der Waals surface area contributed by atoms with E-state index < -0.39 is 11.7 Å². The molecular weight excluding hydrogens is 243 g/mol. The normalized spacial score (nSPS) is 10.3. The van der Waals surface area contributed by atoms with Crippen LogP contribution in [-0.4, -0.2) is 5.91 Å². The lowest BCUT2D eigenvalue weighted by Gasteiger charge is -2.10. The van der Waals surface area contributed by atoms with E-state index in [-0.39, 0.29) is 5.56 Å². The highest BCUT2D eigenvalue weighted by atomic mass is 19.1. The molecule has 0 saturated heterocycles. The number of hydrogen-bond acceptors (Lipinski definition) is 2. The van der Waals surface area contributed by atoms with E-state index in [1.165, 1.54) is 6.07 Å². The Morgan fingerprint density at radius 1 is 1.21 bits per heavy atom. The summed E-state index contributed by atoms with van der Waals surface area (Å²) in [5.74, 6) is -0.965. The van der Waals surface area contributed by atoms with Crippen LogP contribution in [0.2, 0.25) is 0 Å². The molecule has 0 saturated carbocycles. The molecule has 0 spiro atoms. The van der Waals surface area contributed by atoms with Gasteiger partial charge in [-0.3, -0.25) is 4.79 Å². The molecule has 0 heterocycles. The molecule has 2 rings (SSSR count). The lowest BCUT2D eigenvalue weighted by Crippen LogP contribution is -2.16. The standard InChI is InChI=1S/C15H15FN2O/c1-10-5-4-7-12(14(10)16)15(19)18-13-8-3-2-6-11(13)9-17/h2-8H,9,17H2,1H3,(H,18,19). The summed E-state index contributed by atoms with van der Waals surface area (Å²) in [6.45, 7) is 1.94. The number of nitrogens with one attached hydrogen (secondary N) is 1. The Hall–Kier alpha value is -2.20. The third kappa shape index (κ3) is 2.80. The van der Waals surface area contributed by atoms with Gasteiger partial charge in [0.25, 0.3) is 5.91 Å². The van der Waals surface area contributed by atoms with Crippen molar-refractivity contribution in [2.75, 3.05) is 5.32 Å². The van der Waals surface area contributed by atoms with Crippen molar-refractivity contribution in [1.82, 2.24) is 0 Å². The van der Waals surface area contributed by atoms with Crippen LogP contribution in [0.1, 0.15) is 21.5 Å². The van der Waals surface area contributed by atoms with Gasteiger partial charge in [0.05, 0.1) is 5.56 Å². The van der Waals surface area contributed by atoms with Crippen LogP contribution in [0, 0.1) is 12.7 Å².